The van der Waals surface area contributed by atoms with E-state index in [1.807, 2.05) is 71.1 Å². The molecule has 0 bridgehead atoms. The number of benzene rings is 3. The summed E-state index contributed by atoms with van der Waals surface area (Å²) in [5, 5.41) is 11.9. The van der Waals surface area contributed by atoms with Crippen molar-refractivity contribution in [2.24, 2.45) is 12.0 Å². The van der Waals surface area contributed by atoms with E-state index in [0.717, 1.165) is 28.3 Å². The number of aryl methyl sites for hydroxylation is 1. The molecule has 0 aliphatic rings. The Labute approximate surface area is 200 Å². The van der Waals surface area contributed by atoms with Crippen LogP contribution in [0.5, 0.6) is 5.75 Å². The fourth-order valence-corrected chi connectivity index (χ4v) is 4.86. The smallest absolute Gasteiger partial charge is 0.297 e. The second-order valence-corrected chi connectivity index (χ2v) is 8.98. The molecule has 2 aromatic heterocycles. The van der Waals surface area contributed by atoms with Crippen LogP contribution in [-0.2, 0) is 7.05 Å². The van der Waals surface area contributed by atoms with Gasteiger partial charge in [-0.1, -0.05) is 48.0 Å². The largest absolute Gasteiger partial charge is 0.508 e. The molecule has 2 heterocycles. The van der Waals surface area contributed by atoms with Gasteiger partial charge in [-0.05, 0) is 55.8 Å². The summed E-state index contributed by atoms with van der Waals surface area (Å²) in [5.41, 5.74) is 5.83. The molecule has 3 aromatic carbocycles. The number of para-hydroxylation sites is 1. The van der Waals surface area contributed by atoms with Crippen LogP contribution in [0.15, 0.2) is 94.0 Å². The number of aromatic nitrogens is 3. The van der Waals surface area contributed by atoms with Crippen LogP contribution >= 0.6 is 11.3 Å². The summed E-state index contributed by atoms with van der Waals surface area (Å²) in [6, 6.07) is 24.9. The topological polar surface area (TPSA) is 64.5 Å². The molecule has 6 nitrogen and oxygen atoms in total. The minimum absolute atomic E-state index is 0.172. The highest BCUT2D eigenvalue weighted by Gasteiger charge is 2.17. The summed E-state index contributed by atoms with van der Waals surface area (Å²) in [6.45, 7) is 3.96. The van der Waals surface area contributed by atoms with Crippen molar-refractivity contribution in [1.29, 1.82) is 0 Å². The van der Waals surface area contributed by atoms with Gasteiger partial charge in [0.15, 0.2) is 10.5 Å². The number of nitrogens with zero attached hydrogens (tertiary/aromatic N) is 4. The lowest BCUT2D eigenvalue weighted by Gasteiger charge is -2.10. The molecule has 0 amide bonds. The van der Waals surface area contributed by atoms with Crippen molar-refractivity contribution < 1.29 is 5.11 Å². The fraction of sp³-hybridized carbons (Fsp3) is 0.111. The Hall–Kier alpha value is -4.10. The average molecular weight is 469 g/mol. The summed E-state index contributed by atoms with van der Waals surface area (Å²) in [4.78, 5) is 19.0. The van der Waals surface area contributed by atoms with Crippen LogP contribution in [-0.4, -0.2) is 19.0 Å². The molecule has 0 spiro atoms. The highest BCUT2D eigenvalue weighted by molar-refractivity contribution is 7.07. The second kappa shape index (κ2) is 8.68. The van der Waals surface area contributed by atoms with E-state index in [1.165, 1.54) is 16.9 Å². The number of thiazole rings is 1. The number of phenols is 1. The van der Waals surface area contributed by atoms with Crippen LogP contribution < -0.4 is 10.4 Å². The normalized spacial score (nSPS) is 11.8. The first-order valence-electron chi connectivity index (χ1n) is 10.9. The van der Waals surface area contributed by atoms with E-state index in [9.17, 15) is 9.90 Å². The molecule has 0 radical (unpaired) electrons. The van der Waals surface area contributed by atoms with Gasteiger partial charge in [0, 0.05) is 18.1 Å². The van der Waals surface area contributed by atoms with E-state index in [0.29, 0.717) is 10.5 Å². The minimum Gasteiger partial charge on any atom is -0.508 e. The number of rotatable bonds is 4. The molecule has 0 aliphatic carbocycles. The van der Waals surface area contributed by atoms with Gasteiger partial charge in [-0.3, -0.25) is 14.0 Å². The molecule has 0 saturated carbocycles. The maximum absolute atomic E-state index is 13.4. The lowest BCUT2D eigenvalue weighted by Crippen LogP contribution is -2.20. The molecule has 0 atom stereocenters. The van der Waals surface area contributed by atoms with Crippen molar-refractivity contribution in [2.75, 3.05) is 0 Å². The molecule has 5 rings (SSSR count). The van der Waals surface area contributed by atoms with Gasteiger partial charge in [-0.2, -0.15) is 0 Å². The third kappa shape index (κ3) is 3.80. The van der Waals surface area contributed by atoms with Gasteiger partial charge in [0.25, 0.3) is 5.56 Å². The number of hydrogen-bond acceptors (Lipinski definition) is 4. The third-order valence-corrected chi connectivity index (χ3v) is 6.72. The first-order chi connectivity index (χ1) is 16.4. The zero-order chi connectivity index (χ0) is 23.8. The molecule has 0 unspecified atom stereocenters. The maximum atomic E-state index is 13.4. The van der Waals surface area contributed by atoms with Gasteiger partial charge >= 0.3 is 0 Å². The van der Waals surface area contributed by atoms with Gasteiger partial charge in [0.05, 0.1) is 17.1 Å². The van der Waals surface area contributed by atoms with Gasteiger partial charge in [0.2, 0.25) is 0 Å². The lowest BCUT2D eigenvalue weighted by atomic mass is 10.1. The van der Waals surface area contributed by atoms with Gasteiger partial charge in [-0.25, -0.2) is 9.67 Å². The van der Waals surface area contributed by atoms with Crippen LogP contribution in [0, 0.1) is 13.8 Å². The molecule has 0 saturated heterocycles. The Bertz CT molecular complexity index is 1590. The zero-order valence-corrected chi connectivity index (χ0v) is 20.0. The molecule has 170 valence electrons. The van der Waals surface area contributed by atoms with Crippen molar-refractivity contribution in [1.82, 2.24) is 13.9 Å². The van der Waals surface area contributed by atoms with Crippen molar-refractivity contribution in [3.05, 3.63) is 111 Å². The number of aromatic hydroxyl groups is 1. The van der Waals surface area contributed by atoms with E-state index in [2.05, 4.69) is 31.2 Å². The van der Waals surface area contributed by atoms with E-state index in [-0.39, 0.29) is 11.3 Å². The average Bonchev–Trinajstić information content (AvgIpc) is 3.35. The standard InChI is InChI=1S/C27H24N4O2S/c1-18-9-11-20(12-10-18)24-17-34-27(30(24)21-13-15-23(32)16-14-21)28-25-19(2)29(3)31(26(25)33)22-7-5-4-6-8-22/h4-17,32H,1-3H3. The Morgan fingerprint density at radius 3 is 2.21 bits per heavy atom. The SMILES string of the molecule is Cc1ccc(-c2csc(=Nc3c(C)n(C)n(-c4ccccc4)c3=O)n2-c2ccc(O)cc2)cc1. The lowest BCUT2D eigenvalue weighted by molar-refractivity contribution is 0.475. The van der Waals surface area contributed by atoms with Gasteiger partial charge in [0.1, 0.15) is 5.75 Å². The van der Waals surface area contributed by atoms with Crippen molar-refractivity contribution in [2.45, 2.75) is 13.8 Å². The summed E-state index contributed by atoms with van der Waals surface area (Å²) in [6.07, 6.45) is 0. The quantitative estimate of drug-likeness (QED) is 0.392. The monoisotopic (exact) mass is 468 g/mol. The van der Waals surface area contributed by atoms with Crippen LogP contribution in [0.3, 0.4) is 0 Å². The molecule has 34 heavy (non-hydrogen) atoms. The predicted octanol–water partition coefficient (Wildman–Crippen LogP) is 5.25. The van der Waals surface area contributed by atoms with Crippen LogP contribution in [0.25, 0.3) is 22.6 Å². The Kier molecular flexibility index (Phi) is 5.55. The summed E-state index contributed by atoms with van der Waals surface area (Å²) in [7, 11) is 1.86. The number of phenolic OH excluding ortho intramolecular Hbond substituents is 1. The fourth-order valence-electron chi connectivity index (χ4n) is 3.94. The van der Waals surface area contributed by atoms with Gasteiger partial charge in [-0.15, -0.1) is 11.3 Å². The van der Waals surface area contributed by atoms with Crippen LogP contribution in [0.4, 0.5) is 5.69 Å². The highest BCUT2D eigenvalue weighted by Crippen LogP contribution is 2.26. The van der Waals surface area contributed by atoms with Crippen molar-refractivity contribution in [3.63, 3.8) is 0 Å². The van der Waals surface area contributed by atoms with Crippen LogP contribution in [0.1, 0.15) is 11.3 Å². The molecule has 5 aromatic rings. The van der Waals surface area contributed by atoms with E-state index < -0.39 is 0 Å². The second-order valence-electron chi connectivity index (χ2n) is 8.14. The van der Waals surface area contributed by atoms with Crippen molar-refractivity contribution in [3.8, 4) is 28.4 Å². The van der Waals surface area contributed by atoms with Crippen LogP contribution in [0.2, 0.25) is 0 Å². The van der Waals surface area contributed by atoms with Gasteiger partial charge < -0.3 is 5.11 Å². The third-order valence-electron chi connectivity index (χ3n) is 5.89. The molecule has 0 fully saturated rings. The minimum atomic E-state index is -0.172. The highest BCUT2D eigenvalue weighted by atomic mass is 32.1. The Balaban J connectivity index is 1.76. The number of hydrogen-bond donors (Lipinski definition) is 1. The molecule has 1 N–H and O–H groups in total. The molecular formula is C27H24N4O2S. The molecular weight excluding hydrogens is 444 g/mol. The Morgan fingerprint density at radius 1 is 0.853 bits per heavy atom. The summed E-state index contributed by atoms with van der Waals surface area (Å²) >= 11 is 1.47. The summed E-state index contributed by atoms with van der Waals surface area (Å²) in [5.74, 6) is 0.194. The van der Waals surface area contributed by atoms with E-state index in [1.54, 1.807) is 16.8 Å². The predicted molar refractivity (Wildman–Crippen MR) is 136 cm³/mol. The molecule has 7 heteroatoms. The van der Waals surface area contributed by atoms with Crippen molar-refractivity contribution >= 4 is 17.0 Å². The van der Waals surface area contributed by atoms with E-state index in [4.69, 9.17) is 4.99 Å². The van der Waals surface area contributed by atoms with E-state index >= 15 is 0 Å². The first-order valence-corrected chi connectivity index (χ1v) is 11.8. The molecule has 0 aliphatic heterocycles. The Morgan fingerprint density at radius 2 is 1.53 bits per heavy atom. The first kappa shape index (κ1) is 21.7. The maximum Gasteiger partial charge on any atom is 0.297 e. The summed E-state index contributed by atoms with van der Waals surface area (Å²) < 4.78 is 5.48. The zero-order valence-electron chi connectivity index (χ0n) is 19.1.